The number of benzene rings is 1. The molecule has 0 radical (unpaired) electrons. The number of fused-ring (bicyclic) bond motifs is 1. The summed E-state index contributed by atoms with van der Waals surface area (Å²) in [5.74, 6) is 0.133. The van der Waals surface area contributed by atoms with E-state index in [0.717, 1.165) is 17.8 Å². The molecule has 2 heterocycles. The number of rotatable bonds is 3. The number of aromatic nitrogens is 2. The molecule has 5 nitrogen and oxygen atoms in total. The molecule has 110 valence electrons. The second-order valence-corrected chi connectivity index (χ2v) is 4.47. The van der Waals surface area contributed by atoms with Crippen molar-refractivity contribution in [1.82, 2.24) is 15.3 Å². The van der Waals surface area contributed by atoms with Gasteiger partial charge in [-0.05, 0) is 24.3 Å². The lowest BCUT2D eigenvalue weighted by Gasteiger charge is -2.10. The van der Waals surface area contributed by atoms with Crippen LogP contribution >= 0.6 is 0 Å². The van der Waals surface area contributed by atoms with Crippen molar-refractivity contribution >= 4 is 11.6 Å². The van der Waals surface area contributed by atoms with Crippen molar-refractivity contribution in [2.45, 2.75) is 19.5 Å². The number of alkyl halides is 3. The summed E-state index contributed by atoms with van der Waals surface area (Å²) >= 11 is 0. The molecular formula is C13H11F3N4O. The van der Waals surface area contributed by atoms with Crippen LogP contribution in [-0.4, -0.2) is 16.3 Å². The van der Waals surface area contributed by atoms with Crippen molar-refractivity contribution in [2.24, 2.45) is 0 Å². The van der Waals surface area contributed by atoms with Crippen molar-refractivity contribution in [3.63, 3.8) is 0 Å². The van der Waals surface area contributed by atoms with Crippen LogP contribution in [-0.2, 0) is 13.1 Å². The number of hydrogen-bond acceptors (Lipinski definition) is 5. The first-order valence-corrected chi connectivity index (χ1v) is 6.18. The Morgan fingerprint density at radius 1 is 1.14 bits per heavy atom. The number of nitrogens with zero attached hydrogens (tertiary/aromatic N) is 2. The molecule has 0 amide bonds. The second kappa shape index (κ2) is 5.21. The third-order valence-electron chi connectivity index (χ3n) is 2.91. The van der Waals surface area contributed by atoms with E-state index in [2.05, 4.69) is 25.3 Å². The van der Waals surface area contributed by atoms with E-state index in [4.69, 9.17) is 0 Å². The molecule has 0 unspecified atom stereocenters. The molecule has 21 heavy (non-hydrogen) atoms. The van der Waals surface area contributed by atoms with Gasteiger partial charge in [-0.25, -0.2) is 9.97 Å². The molecule has 1 aliphatic rings. The molecule has 2 N–H and O–H groups in total. The summed E-state index contributed by atoms with van der Waals surface area (Å²) in [5.41, 5.74) is 2.55. The van der Waals surface area contributed by atoms with Gasteiger partial charge in [-0.2, -0.15) is 0 Å². The maximum absolute atomic E-state index is 12.1. The van der Waals surface area contributed by atoms with E-state index in [1.807, 2.05) is 0 Å². The van der Waals surface area contributed by atoms with Crippen LogP contribution in [0.4, 0.5) is 24.8 Å². The van der Waals surface area contributed by atoms with Gasteiger partial charge in [0.2, 0.25) is 5.95 Å². The Labute approximate surface area is 118 Å². The third-order valence-corrected chi connectivity index (χ3v) is 2.91. The maximum Gasteiger partial charge on any atom is 0.573 e. The minimum absolute atomic E-state index is 0.271. The Hall–Kier alpha value is -2.35. The monoisotopic (exact) mass is 296 g/mol. The van der Waals surface area contributed by atoms with Gasteiger partial charge >= 0.3 is 6.36 Å². The normalized spacial score (nSPS) is 13.9. The van der Waals surface area contributed by atoms with Gasteiger partial charge in [-0.15, -0.1) is 13.2 Å². The Morgan fingerprint density at radius 2 is 1.90 bits per heavy atom. The highest BCUT2D eigenvalue weighted by Gasteiger charge is 2.30. The Kier molecular flexibility index (Phi) is 3.38. The molecule has 3 rings (SSSR count). The van der Waals surface area contributed by atoms with Crippen molar-refractivity contribution in [1.29, 1.82) is 0 Å². The SMILES string of the molecule is FC(F)(F)Oc1ccc(Nc2ncc3c(n2)CNC3)cc1. The first-order chi connectivity index (χ1) is 9.99. The quantitative estimate of drug-likeness (QED) is 0.912. The van der Waals surface area contributed by atoms with Gasteiger partial charge < -0.3 is 15.4 Å². The highest BCUT2D eigenvalue weighted by Crippen LogP contribution is 2.25. The summed E-state index contributed by atoms with van der Waals surface area (Å²) in [7, 11) is 0. The molecule has 8 heteroatoms. The number of hydrogen-bond donors (Lipinski definition) is 2. The summed E-state index contributed by atoms with van der Waals surface area (Å²) < 4.78 is 40.0. The molecule has 0 bridgehead atoms. The molecule has 0 aliphatic carbocycles. The summed E-state index contributed by atoms with van der Waals surface area (Å²) in [6.45, 7) is 1.43. The van der Waals surface area contributed by atoms with E-state index in [-0.39, 0.29) is 5.75 Å². The van der Waals surface area contributed by atoms with Gasteiger partial charge in [-0.3, -0.25) is 0 Å². The lowest BCUT2D eigenvalue weighted by molar-refractivity contribution is -0.274. The number of anilines is 2. The zero-order valence-electron chi connectivity index (χ0n) is 10.7. The van der Waals surface area contributed by atoms with Crippen molar-refractivity contribution in [3.8, 4) is 5.75 Å². The standard InChI is InChI=1S/C13H11F3N4O/c14-13(15,16)21-10-3-1-9(2-4-10)19-12-18-6-8-5-17-7-11(8)20-12/h1-4,6,17H,5,7H2,(H,18,19,20). The molecular weight excluding hydrogens is 285 g/mol. The lowest BCUT2D eigenvalue weighted by atomic mass is 10.3. The summed E-state index contributed by atoms with van der Waals surface area (Å²) in [6.07, 6.45) is -2.96. The van der Waals surface area contributed by atoms with E-state index in [1.165, 1.54) is 24.3 Å². The van der Waals surface area contributed by atoms with Crippen LogP contribution in [0.5, 0.6) is 5.75 Å². The summed E-state index contributed by atoms with van der Waals surface area (Å²) in [6, 6.07) is 5.39. The topological polar surface area (TPSA) is 59.1 Å². The molecule has 0 saturated carbocycles. The van der Waals surface area contributed by atoms with Gasteiger partial charge in [0.05, 0.1) is 5.69 Å². The predicted molar refractivity (Wildman–Crippen MR) is 69.0 cm³/mol. The average molecular weight is 296 g/mol. The molecule has 0 saturated heterocycles. The minimum atomic E-state index is -4.69. The van der Waals surface area contributed by atoms with Crippen LogP contribution in [0.15, 0.2) is 30.5 Å². The van der Waals surface area contributed by atoms with Crippen LogP contribution < -0.4 is 15.4 Å². The van der Waals surface area contributed by atoms with E-state index < -0.39 is 6.36 Å². The van der Waals surface area contributed by atoms with Crippen molar-refractivity contribution in [3.05, 3.63) is 41.7 Å². The molecule has 1 aromatic carbocycles. The molecule has 0 atom stereocenters. The van der Waals surface area contributed by atoms with Gasteiger partial charge in [0.1, 0.15) is 5.75 Å². The zero-order chi connectivity index (χ0) is 14.9. The highest BCUT2D eigenvalue weighted by molar-refractivity contribution is 5.54. The molecule has 0 spiro atoms. The number of halogens is 3. The average Bonchev–Trinajstić information content (AvgIpc) is 2.87. The summed E-state index contributed by atoms with van der Waals surface area (Å²) in [5, 5.41) is 6.09. The Bertz CT molecular complexity index is 643. The first kappa shape index (κ1) is 13.6. The fraction of sp³-hybridized carbons (Fsp3) is 0.231. The van der Waals surface area contributed by atoms with Crippen LogP contribution in [0.3, 0.4) is 0 Å². The molecule has 1 aromatic heterocycles. The molecule has 0 fully saturated rings. The Morgan fingerprint density at radius 3 is 2.62 bits per heavy atom. The highest BCUT2D eigenvalue weighted by atomic mass is 19.4. The second-order valence-electron chi connectivity index (χ2n) is 4.47. The molecule has 1 aliphatic heterocycles. The van der Waals surface area contributed by atoms with Crippen LogP contribution in [0.2, 0.25) is 0 Å². The smallest absolute Gasteiger partial charge is 0.406 e. The largest absolute Gasteiger partial charge is 0.573 e. The van der Waals surface area contributed by atoms with E-state index in [0.29, 0.717) is 18.2 Å². The van der Waals surface area contributed by atoms with Crippen LogP contribution in [0.25, 0.3) is 0 Å². The predicted octanol–water partition coefficient (Wildman–Crippen LogP) is 2.72. The number of nitrogens with one attached hydrogen (secondary N) is 2. The van der Waals surface area contributed by atoms with Crippen LogP contribution in [0.1, 0.15) is 11.3 Å². The van der Waals surface area contributed by atoms with E-state index in [1.54, 1.807) is 6.20 Å². The fourth-order valence-electron chi connectivity index (χ4n) is 1.99. The maximum atomic E-state index is 12.1. The van der Waals surface area contributed by atoms with Gasteiger partial charge in [0.25, 0.3) is 0 Å². The van der Waals surface area contributed by atoms with E-state index in [9.17, 15) is 13.2 Å². The first-order valence-electron chi connectivity index (χ1n) is 6.18. The van der Waals surface area contributed by atoms with Crippen molar-refractivity contribution in [2.75, 3.05) is 5.32 Å². The number of ether oxygens (including phenoxy) is 1. The lowest BCUT2D eigenvalue weighted by Crippen LogP contribution is -2.17. The Balaban J connectivity index is 1.70. The van der Waals surface area contributed by atoms with Crippen molar-refractivity contribution < 1.29 is 17.9 Å². The molecule has 2 aromatic rings. The van der Waals surface area contributed by atoms with Gasteiger partial charge in [-0.1, -0.05) is 0 Å². The van der Waals surface area contributed by atoms with Gasteiger partial charge in [0.15, 0.2) is 0 Å². The van der Waals surface area contributed by atoms with Crippen LogP contribution in [0, 0.1) is 0 Å². The minimum Gasteiger partial charge on any atom is -0.406 e. The fourth-order valence-corrected chi connectivity index (χ4v) is 1.99. The third kappa shape index (κ3) is 3.40. The zero-order valence-corrected chi connectivity index (χ0v) is 10.7. The summed E-state index contributed by atoms with van der Waals surface area (Å²) in [4.78, 5) is 8.49. The van der Waals surface area contributed by atoms with Gasteiger partial charge in [0, 0.05) is 30.5 Å². The van der Waals surface area contributed by atoms with E-state index >= 15 is 0 Å².